The molecule has 166 valence electrons. The van der Waals surface area contributed by atoms with Crippen LogP contribution >= 0.6 is 0 Å². The maximum atomic E-state index is 13.4. The first kappa shape index (κ1) is 21.9. The van der Waals surface area contributed by atoms with Crippen molar-refractivity contribution in [1.29, 1.82) is 0 Å². The first-order valence-corrected chi connectivity index (χ1v) is 10.5. The molecule has 0 bridgehead atoms. The van der Waals surface area contributed by atoms with Crippen molar-refractivity contribution in [3.8, 4) is 11.5 Å². The number of esters is 1. The van der Waals surface area contributed by atoms with Gasteiger partial charge in [-0.1, -0.05) is 54.6 Å². The van der Waals surface area contributed by atoms with E-state index in [1.54, 1.807) is 87.7 Å². The Balaban J connectivity index is 2.04. The Hall–Kier alpha value is -3.35. The number of methoxy groups -OCH3 is 1. The second-order valence-corrected chi connectivity index (χ2v) is 7.79. The van der Waals surface area contributed by atoms with E-state index in [1.165, 1.54) is 0 Å². The highest BCUT2D eigenvalue weighted by Crippen LogP contribution is 2.54. The number of carbonyl (C=O) groups excluding carboxylic acids is 1. The van der Waals surface area contributed by atoms with Crippen molar-refractivity contribution >= 4 is 5.97 Å². The van der Waals surface area contributed by atoms with Gasteiger partial charge in [0.25, 0.3) is 5.79 Å². The zero-order valence-electron chi connectivity index (χ0n) is 18.2. The summed E-state index contributed by atoms with van der Waals surface area (Å²) in [5.41, 5.74) is -0.373. The van der Waals surface area contributed by atoms with Gasteiger partial charge in [0.1, 0.15) is 11.5 Å². The van der Waals surface area contributed by atoms with E-state index in [9.17, 15) is 15.0 Å². The van der Waals surface area contributed by atoms with Gasteiger partial charge in [0.15, 0.2) is 0 Å². The Kier molecular flexibility index (Phi) is 5.67. The molecular weight excluding hydrogens is 408 g/mol. The standard InChI is InChI=1S/C26H26O6/c1-4-31-24(27)25(28)23(18-13-15-19(30-3)16-14-18)20-10-6-8-12-22(20)32-26(25,29)21-11-7-5-9-17(21)2/h5-16,23,28-29H,4H2,1-3H3/t23?,25-,26+/m1/s1. The van der Waals surface area contributed by atoms with Crippen LogP contribution in [0, 0.1) is 6.92 Å². The molecule has 3 aromatic carbocycles. The molecule has 0 amide bonds. The molecule has 0 fully saturated rings. The van der Waals surface area contributed by atoms with E-state index < -0.39 is 23.3 Å². The molecule has 1 heterocycles. The van der Waals surface area contributed by atoms with Crippen LogP contribution in [0.25, 0.3) is 0 Å². The van der Waals surface area contributed by atoms with Crippen LogP contribution in [0.1, 0.15) is 35.1 Å². The molecular formula is C26H26O6. The molecule has 32 heavy (non-hydrogen) atoms. The third kappa shape index (κ3) is 3.23. The second kappa shape index (κ2) is 8.30. The molecule has 0 aliphatic carbocycles. The summed E-state index contributed by atoms with van der Waals surface area (Å²) in [7, 11) is 1.56. The fourth-order valence-electron chi connectivity index (χ4n) is 4.40. The van der Waals surface area contributed by atoms with E-state index in [4.69, 9.17) is 14.2 Å². The van der Waals surface area contributed by atoms with E-state index in [0.717, 1.165) is 0 Å². The number of rotatable bonds is 5. The maximum Gasteiger partial charge on any atom is 0.346 e. The highest BCUT2D eigenvalue weighted by molar-refractivity contribution is 5.85. The van der Waals surface area contributed by atoms with Gasteiger partial charge in [-0.3, -0.25) is 0 Å². The molecule has 1 aliphatic rings. The fourth-order valence-corrected chi connectivity index (χ4v) is 4.40. The summed E-state index contributed by atoms with van der Waals surface area (Å²) in [6.07, 6.45) is 0. The summed E-state index contributed by atoms with van der Waals surface area (Å²) in [6.45, 7) is 3.46. The van der Waals surface area contributed by atoms with Crippen molar-refractivity contribution in [3.63, 3.8) is 0 Å². The summed E-state index contributed by atoms with van der Waals surface area (Å²) in [5.74, 6) is -3.34. The van der Waals surface area contributed by atoms with Crippen LogP contribution in [0.5, 0.6) is 11.5 Å². The first-order chi connectivity index (χ1) is 15.4. The van der Waals surface area contributed by atoms with E-state index in [1.807, 2.05) is 6.07 Å². The lowest BCUT2D eigenvalue weighted by molar-refractivity contribution is -0.281. The number of aryl methyl sites for hydroxylation is 1. The van der Waals surface area contributed by atoms with Crippen LogP contribution in [0.3, 0.4) is 0 Å². The summed E-state index contributed by atoms with van der Waals surface area (Å²) in [4.78, 5) is 13.4. The minimum atomic E-state index is -2.47. The van der Waals surface area contributed by atoms with Crippen molar-refractivity contribution < 1.29 is 29.2 Å². The minimum absolute atomic E-state index is 0.0297. The fraction of sp³-hybridized carbons (Fsp3) is 0.269. The monoisotopic (exact) mass is 434 g/mol. The topological polar surface area (TPSA) is 85.2 Å². The van der Waals surface area contributed by atoms with E-state index >= 15 is 0 Å². The molecule has 1 aliphatic heterocycles. The Morgan fingerprint density at radius 1 is 1.00 bits per heavy atom. The molecule has 0 saturated carbocycles. The van der Waals surface area contributed by atoms with Crippen LogP contribution < -0.4 is 9.47 Å². The third-order valence-corrected chi connectivity index (χ3v) is 5.97. The van der Waals surface area contributed by atoms with Crippen molar-refractivity contribution in [1.82, 2.24) is 0 Å². The van der Waals surface area contributed by atoms with Gasteiger partial charge in [-0.05, 0) is 43.2 Å². The quantitative estimate of drug-likeness (QED) is 0.596. The number of carbonyl (C=O) groups is 1. The normalized spacial score (nSPS) is 24.2. The van der Waals surface area contributed by atoms with Gasteiger partial charge in [-0.2, -0.15) is 0 Å². The molecule has 1 unspecified atom stereocenters. The average molecular weight is 434 g/mol. The SMILES string of the molecule is CCOC(=O)[C@]1(O)C(c2ccc(OC)cc2)c2ccccc2O[C@@]1(O)c1ccccc1C. The second-order valence-electron chi connectivity index (χ2n) is 7.79. The molecule has 2 N–H and O–H groups in total. The zero-order valence-corrected chi connectivity index (χ0v) is 18.2. The van der Waals surface area contributed by atoms with Crippen LogP contribution in [-0.4, -0.2) is 35.5 Å². The number of fused-ring (bicyclic) bond motifs is 1. The van der Waals surface area contributed by atoms with E-state index in [0.29, 0.717) is 28.2 Å². The predicted octanol–water partition coefficient (Wildman–Crippen LogP) is 3.67. The molecule has 3 aromatic rings. The number of aliphatic hydroxyl groups is 2. The van der Waals surface area contributed by atoms with Gasteiger partial charge in [-0.15, -0.1) is 0 Å². The van der Waals surface area contributed by atoms with Crippen LogP contribution in [0.15, 0.2) is 72.8 Å². The van der Waals surface area contributed by atoms with Gasteiger partial charge in [-0.25, -0.2) is 4.79 Å². The Morgan fingerprint density at radius 3 is 2.31 bits per heavy atom. The summed E-state index contributed by atoms with van der Waals surface area (Å²) in [5, 5.41) is 24.2. The van der Waals surface area contributed by atoms with Gasteiger partial charge in [0, 0.05) is 11.1 Å². The van der Waals surface area contributed by atoms with Crippen molar-refractivity contribution in [2.24, 2.45) is 0 Å². The smallest absolute Gasteiger partial charge is 0.346 e. The number of para-hydroxylation sites is 1. The highest BCUT2D eigenvalue weighted by Gasteiger charge is 2.67. The van der Waals surface area contributed by atoms with Gasteiger partial charge >= 0.3 is 5.97 Å². The van der Waals surface area contributed by atoms with Crippen molar-refractivity contribution in [2.45, 2.75) is 31.2 Å². The Bertz CT molecular complexity index is 1130. The summed E-state index contributed by atoms with van der Waals surface area (Å²) < 4.78 is 16.6. The van der Waals surface area contributed by atoms with Gasteiger partial charge < -0.3 is 24.4 Å². The molecule has 6 heteroatoms. The Morgan fingerprint density at radius 2 is 1.66 bits per heavy atom. The van der Waals surface area contributed by atoms with Gasteiger partial charge in [0.2, 0.25) is 5.60 Å². The van der Waals surface area contributed by atoms with Crippen molar-refractivity contribution in [3.05, 3.63) is 95.1 Å². The lowest BCUT2D eigenvalue weighted by Crippen LogP contribution is -2.66. The summed E-state index contributed by atoms with van der Waals surface area (Å²) >= 11 is 0. The average Bonchev–Trinajstić information content (AvgIpc) is 2.80. The zero-order chi connectivity index (χ0) is 22.9. The molecule has 0 saturated heterocycles. The predicted molar refractivity (Wildman–Crippen MR) is 119 cm³/mol. The number of ether oxygens (including phenoxy) is 3. The molecule has 0 radical (unpaired) electrons. The molecule has 6 nitrogen and oxygen atoms in total. The highest BCUT2D eigenvalue weighted by atomic mass is 16.7. The number of hydrogen-bond donors (Lipinski definition) is 2. The molecule has 0 spiro atoms. The van der Waals surface area contributed by atoms with Gasteiger partial charge in [0.05, 0.1) is 19.6 Å². The van der Waals surface area contributed by atoms with Crippen LogP contribution in [0.2, 0.25) is 0 Å². The van der Waals surface area contributed by atoms with E-state index in [2.05, 4.69) is 0 Å². The lowest BCUT2D eigenvalue weighted by atomic mass is 9.68. The third-order valence-electron chi connectivity index (χ3n) is 5.97. The largest absolute Gasteiger partial charge is 0.497 e. The molecule has 4 rings (SSSR count). The molecule has 3 atom stereocenters. The van der Waals surface area contributed by atoms with Crippen molar-refractivity contribution in [2.75, 3.05) is 13.7 Å². The minimum Gasteiger partial charge on any atom is -0.497 e. The lowest BCUT2D eigenvalue weighted by Gasteiger charge is -2.49. The maximum absolute atomic E-state index is 13.4. The number of hydrogen-bond acceptors (Lipinski definition) is 6. The molecule has 0 aromatic heterocycles. The summed E-state index contributed by atoms with van der Waals surface area (Å²) in [6, 6.07) is 21.0. The first-order valence-electron chi connectivity index (χ1n) is 10.5. The Labute approximate surface area is 187 Å². The van der Waals surface area contributed by atoms with Crippen LogP contribution in [-0.2, 0) is 15.3 Å². The van der Waals surface area contributed by atoms with Crippen LogP contribution in [0.4, 0.5) is 0 Å². The number of benzene rings is 3. The van der Waals surface area contributed by atoms with E-state index in [-0.39, 0.29) is 12.2 Å².